The summed E-state index contributed by atoms with van der Waals surface area (Å²) in [7, 11) is 0. The number of hydrogen-bond donors (Lipinski definition) is 2. The van der Waals surface area contributed by atoms with Gasteiger partial charge in [0, 0.05) is 19.1 Å². The molecule has 0 spiro atoms. The number of hydrazine groups is 1. The van der Waals surface area contributed by atoms with Crippen molar-refractivity contribution in [2.24, 2.45) is 17.7 Å². The quantitative estimate of drug-likeness (QED) is 0.621. The van der Waals surface area contributed by atoms with Crippen LogP contribution in [-0.4, -0.2) is 35.7 Å². The maximum absolute atomic E-state index is 12.1. The molecule has 122 valence electrons. The van der Waals surface area contributed by atoms with Crippen molar-refractivity contribution in [3.63, 3.8) is 0 Å². The highest BCUT2D eigenvalue weighted by molar-refractivity contribution is 5.68. The molecule has 21 heavy (non-hydrogen) atoms. The molecule has 1 saturated carbocycles. The molecule has 5 nitrogen and oxygen atoms in total. The summed E-state index contributed by atoms with van der Waals surface area (Å²) in [5.41, 5.74) is 2.62. The molecule has 1 amide bonds. The standard InChI is InChI=1S/C16H31N3O2/c1-16(2,3)21-15(20)19-10-9-13(11-19)14(18-17)12-7-5-4-6-8-12/h12-14,18H,4-11,17H2,1-3H3. The Hall–Kier alpha value is -0.810. The summed E-state index contributed by atoms with van der Waals surface area (Å²) in [6.45, 7) is 7.27. The lowest BCUT2D eigenvalue weighted by Gasteiger charge is -2.33. The molecule has 1 saturated heterocycles. The third-order valence-corrected chi connectivity index (χ3v) is 4.73. The first kappa shape index (κ1) is 16.6. The zero-order chi connectivity index (χ0) is 15.5. The molecule has 3 N–H and O–H groups in total. The van der Waals surface area contributed by atoms with Gasteiger partial charge in [0.05, 0.1) is 0 Å². The fourth-order valence-corrected chi connectivity index (χ4v) is 3.72. The first-order chi connectivity index (χ1) is 9.90. The van der Waals surface area contributed by atoms with Crippen LogP contribution in [0, 0.1) is 11.8 Å². The minimum Gasteiger partial charge on any atom is -0.444 e. The normalized spacial score (nSPS) is 25.9. The Balaban J connectivity index is 1.89. The predicted octanol–water partition coefficient (Wildman–Crippen LogP) is 2.66. The van der Waals surface area contributed by atoms with E-state index in [4.69, 9.17) is 10.6 Å². The van der Waals surface area contributed by atoms with Crippen molar-refractivity contribution in [3.8, 4) is 0 Å². The lowest BCUT2D eigenvalue weighted by molar-refractivity contribution is 0.0282. The van der Waals surface area contributed by atoms with Crippen LogP contribution in [0.4, 0.5) is 4.79 Å². The van der Waals surface area contributed by atoms with Crippen molar-refractivity contribution in [2.45, 2.75) is 70.9 Å². The van der Waals surface area contributed by atoms with Gasteiger partial charge in [0.1, 0.15) is 5.60 Å². The first-order valence-corrected chi connectivity index (χ1v) is 8.35. The van der Waals surface area contributed by atoms with Crippen LogP contribution in [0.1, 0.15) is 59.3 Å². The molecule has 0 radical (unpaired) electrons. The number of carbonyl (C=O) groups is 1. The Morgan fingerprint density at radius 2 is 1.86 bits per heavy atom. The summed E-state index contributed by atoms with van der Waals surface area (Å²) in [6, 6.07) is 0.331. The number of nitrogens with one attached hydrogen (secondary N) is 1. The van der Waals surface area contributed by atoms with Crippen LogP contribution in [-0.2, 0) is 4.74 Å². The van der Waals surface area contributed by atoms with Crippen molar-refractivity contribution in [1.29, 1.82) is 0 Å². The molecule has 0 bridgehead atoms. The second-order valence-corrected chi connectivity index (χ2v) is 7.57. The van der Waals surface area contributed by atoms with Gasteiger partial charge in [0.25, 0.3) is 0 Å². The van der Waals surface area contributed by atoms with Crippen molar-refractivity contribution in [2.75, 3.05) is 13.1 Å². The Kier molecular flexibility index (Phi) is 5.49. The molecule has 2 atom stereocenters. The fourth-order valence-electron chi connectivity index (χ4n) is 3.72. The number of nitrogens with zero attached hydrogens (tertiary/aromatic N) is 1. The molecule has 1 heterocycles. The number of rotatable bonds is 3. The molecule has 0 aromatic carbocycles. The summed E-state index contributed by atoms with van der Waals surface area (Å²) < 4.78 is 5.46. The Morgan fingerprint density at radius 3 is 2.43 bits per heavy atom. The van der Waals surface area contributed by atoms with Crippen LogP contribution in [0.25, 0.3) is 0 Å². The van der Waals surface area contributed by atoms with Gasteiger partial charge in [-0.15, -0.1) is 0 Å². The molecule has 0 aromatic rings. The van der Waals surface area contributed by atoms with Crippen molar-refractivity contribution < 1.29 is 9.53 Å². The predicted molar refractivity (Wildman–Crippen MR) is 83.6 cm³/mol. The topological polar surface area (TPSA) is 67.6 Å². The number of ether oxygens (including phenoxy) is 1. The van der Waals surface area contributed by atoms with E-state index in [1.165, 1.54) is 32.1 Å². The van der Waals surface area contributed by atoms with Gasteiger partial charge >= 0.3 is 6.09 Å². The molecular weight excluding hydrogens is 266 g/mol. The summed E-state index contributed by atoms with van der Waals surface area (Å²) in [6.07, 6.45) is 7.32. The summed E-state index contributed by atoms with van der Waals surface area (Å²) >= 11 is 0. The summed E-state index contributed by atoms with van der Waals surface area (Å²) in [4.78, 5) is 14.0. The van der Waals surface area contributed by atoms with Crippen LogP contribution in [0.2, 0.25) is 0 Å². The smallest absolute Gasteiger partial charge is 0.410 e. The number of amides is 1. The third kappa shape index (κ3) is 4.58. The summed E-state index contributed by atoms with van der Waals surface area (Å²) in [5.74, 6) is 6.93. The molecule has 1 aliphatic carbocycles. The molecule has 2 aliphatic rings. The van der Waals surface area contributed by atoms with Crippen molar-refractivity contribution in [3.05, 3.63) is 0 Å². The zero-order valence-corrected chi connectivity index (χ0v) is 13.7. The van der Waals surface area contributed by atoms with E-state index < -0.39 is 5.60 Å². The Labute approximate surface area is 128 Å². The van der Waals surface area contributed by atoms with Crippen LogP contribution in [0.15, 0.2) is 0 Å². The van der Waals surface area contributed by atoms with E-state index in [1.54, 1.807) is 0 Å². The molecule has 2 rings (SSSR count). The highest BCUT2D eigenvalue weighted by Gasteiger charge is 2.37. The maximum Gasteiger partial charge on any atom is 0.410 e. The Morgan fingerprint density at radius 1 is 1.19 bits per heavy atom. The molecule has 1 aliphatic heterocycles. The van der Waals surface area contributed by atoms with E-state index in [0.717, 1.165) is 19.5 Å². The lowest BCUT2D eigenvalue weighted by atomic mass is 9.78. The largest absolute Gasteiger partial charge is 0.444 e. The number of carbonyl (C=O) groups excluding carboxylic acids is 1. The van der Waals surface area contributed by atoms with E-state index in [0.29, 0.717) is 17.9 Å². The summed E-state index contributed by atoms with van der Waals surface area (Å²) in [5, 5.41) is 0. The van der Waals surface area contributed by atoms with Crippen LogP contribution >= 0.6 is 0 Å². The number of nitrogens with two attached hydrogens (primary N) is 1. The molecule has 2 fully saturated rings. The average Bonchev–Trinajstić information content (AvgIpc) is 2.89. The van der Waals surface area contributed by atoms with Gasteiger partial charge in [-0.3, -0.25) is 11.3 Å². The van der Waals surface area contributed by atoms with Gasteiger partial charge in [0.15, 0.2) is 0 Å². The zero-order valence-electron chi connectivity index (χ0n) is 13.7. The minimum absolute atomic E-state index is 0.190. The van der Waals surface area contributed by atoms with Crippen LogP contribution < -0.4 is 11.3 Å². The van der Waals surface area contributed by atoms with Crippen molar-refractivity contribution >= 4 is 6.09 Å². The van der Waals surface area contributed by atoms with Gasteiger partial charge in [-0.1, -0.05) is 19.3 Å². The van der Waals surface area contributed by atoms with E-state index in [1.807, 2.05) is 25.7 Å². The monoisotopic (exact) mass is 297 g/mol. The van der Waals surface area contributed by atoms with E-state index in [9.17, 15) is 4.79 Å². The van der Waals surface area contributed by atoms with Crippen molar-refractivity contribution in [1.82, 2.24) is 10.3 Å². The second-order valence-electron chi connectivity index (χ2n) is 7.57. The molecule has 0 aromatic heterocycles. The van der Waals surface area contributed by atoms with Gasteiger partial charge in [-0.05, 0) is 51.9 Å². The maximum atomic E-state index is 12.1. The van der Waals surface area contributed by atoms with Gasteiger partial charge < -0.3 is 9.64 Å². The molecule has 2 unspecified atom stereocenters. The van der Waals surface area contributed by atoms with E-state index in [-0.39, 0.29) is 6.09 Å². The fraction of sp³-hybridized carbons (Fsp3) is 0.938. The van der Waals surface area contributed by atoms with Gasteiger partial charge in [0.2, 0.25) is 0 Å². The number of likely N-dealkylation sites (tertiary alicyclic amines) is 1. The molecule has 5 heteroatoms. The highest BCUT2D eigenvalue weighted by atomic mass is 16.6. The molecular formula is C16H31N3O2. The average molecular weight is 297 g/mol. The van der Waals surface area contributed by atoms with Gasteiger partial charge in [-0.2, -0.15) is 0 Å². The highest BCUT2D eigenvalue weighted by Crippen LogP contribution is 2.33. The minimum atomic E-state index is -0.427. The lowest BCUT2D eigenvalue weighted by Crippen LogP contribution is -2.48. The van der Waals surface area contributed by atoms with E-state index in [2.05, 4.69) is 5.43 Å². The Bertz CT molecular complexity index is 348. The van der Waals surface area contributed by atoms with Crippen LogP contribution in [0.5, 0.6) is 0 Å². The SMILES string of the molecule is CC(C)(C)OC(=O)N1CCC(C(NN)C2CCCCC2)C1. The second kappa shape index (κ2) is 6.97. The first-order valence-electron chi connectivity index (χ1n) is 8.35. The van der Waals surface area contributed by atoms with Gasteiger partial charge in [-0.25, -0.2) is 4.79 Å². The third-order valence-electron chi connectivity index (χ3n) is 4.73. The number of hydrogen-bond acceptors (Lipinski definition) is 4. The van der Waals surface area contributed by atoms with E-state index >= 15 is 0 Å². The van der Waals surface area contributed by atoms with Crippen LogP contribution in [0.3, 0.4) is 0 Å².